The summed E-state index contributed by atoms with van der Waals surface area (Å²) in [4.78, 5) is 21.4. The smallest absolute Gasteiger partial charge is 0.230 e. The van der Waals surface area contributed by atoms with Crippen LogP contribution < -0.4 is 10.6 Å². The van der Waals surface area contributed by atoms with Gasteiger partial charge in [0.05, 0.1) is 5.41 Å². The number of piperidine rings is 1. The minimum absolute atomic E-state index is 0. The molecule has 164 valence electrons. The van der Waals surface area contributed by atoms with E-state index in [0.29, 0.717) is 6.54 Å². The van der Waals surface area contributed by atoms with Crippen molar-refractivity contribution in [1.29, 1.82) is 0 Å². The fourth-order valence-corrected chi connectivity index (χ4v) is 4.95. The highest BCUT2D eigenvalue weighted by Gasteiger charge is 2.42. The van der Waals surface area contributed by atoms with Crippen LogP contribution in [0.3, 0.4) is 0 Å². The summed E-state index contributed by atoms with van der Waals surface area (Å²) in [6.07, 6.45) is 6.69. The second-order valence-corrected chi connectivity index (χ2v) is 9.10. The molecule has 1 heterocycles. The van der Waals surface area contributed by atoms with Gasteiger partial charge in [-0.2, -0.15) is 0 Å². The van der Waals surface area contributed by atoms with E-state index in [1.54, 1.807) is 11.9 Å². The van der Waals surface area contributed by atoms with E-state index in [1.165, 1.54) is 19.5 Å². The van der Waals surface area contributed by atoms with Crippen LogP contribution >= 0.6 is 24.0 Å². The van der Waals surface area contributed by atoms with Crippen LogP contribution in [0, 0.1) is 17.3 Å². The van der Waals surface area contributed by atoms with Gasteiger partial charge >= 0.3 is 0 Å². The van der Waals surface area contributed by atoms with Crippen LogP contribution in [-0.4, -0.2) is 75.5 Å². The first-order valence-electron chi connectivity index (χ1n) is 10.7. The highest BCUT2D eigenvalue weighted by molar-refractivity contribution is 14.0. The van der Waals surface area contributed by atoms with E-state index in [2.05, 4.69) is 34.4 Å². The van der Waals surface area contributed by atoms with E-state index >= 15 is 0 Å². The molecule has 1 aliphatic carbocycles. The number of likely N-dealkylation sites (tertiary alicyclic amines) is 1. The zero-order chi connectivity index (χ0) is 19.9. The van der Waals surface area contributed by atoms with Crippen molar-refractivity contribution in [2.75, 3.05) is 53.9 Å². The molecule has 0 radical (unpaired) electrons. The van der Waals surface area contributed by atoms with Crippen LogP contribution in [0.4, 0.5) is 0 Å². The Morgan fingerprint density at radius 1 is 1.14 bits per heavy atom. The quantitative estimate of drug-likeness (QED) is 0.241. The molecule has 6 nitrogen and oxygen atoms in total. The molecule has 28 heavy (non-hydrogen) atoms. The van der Waals surface area contributed by atoms with Crippen LogP contribution in [0.25, 0.3) is 0 Å². The fourth-order valence-electron chi connectivity index (χ4n) is 4.95. The number of amides is 1. The Kier molecular flexibility index (Phi) is 11.1. The van der Waals surface area contributed by atoms with E-state index < -0.39 is 0 Å². The summed E-state index contributed by atoms with van der Waals surface area (Å²) in [5.41, 5.74) is -0.263. The second kappa shape index (κ2) is 12.2. The molecule has 7 heteroatoms. The van der Waals surface area contributed by atoms with Crippen molar-refractivity contribution in [3.05, 3.63) is 0 Å². The number of hydrogen-bond donors (Lipinski definition) is 2. The first-order valence-corrected chi connectivity index (χ1v) is 10.7. The van der Waals surface area contributed by atoms with Gasteiger partial charge in [0.2, 0.25) is 5.91 Å². The Labute approximate surface area is 189 Å². The van der Waals surface area contributed by atoms with E-state index in [4.69, 9.17) is 0 Å². The van der Waals surface area contributed by atoms with Crippen molar-refractivity contribution in [3.8, 4) is 0 Å². The third kappa shape index (κ3) is 7.35. The summed E-state index contributed by atoms with van der Waals surface area (Å²) in [6, 6.07) is 0. The predicted molar refractivity (Wildman–Crippen MR) is 128 cm³/mol. The number of guanidine groups is 1. The van der Waals surface area contributed by atoms with Gasteiger partial charge in [-0.25, -0.2) is 0 Å². The van der Waals surface area contributed by atoms with Crippen molar-refractivity contribution >= 4 is 35.8 Å². The lowest BCUT2D eigenvalue weighted by molar-refractivity contribution is -0.138. The van der Waals surface area contributed by atoms with Gasteiger partial charge in [-0.15, -0.1) is 24.0 Å². The molecule has 0 aromatic heterocycles. The molecule has 1 saturated heterocycles. The SMILES string of the molecule is CN=C(NCCCN1CC(C)CC(C)C1)NCC1(C(=O)N(C)C)CCCC1.I. The Bertz CT molecular complexity index is 495. The summed E-state index contributed by atoms with van der Waals surface area (Å²) in [5, 5.41) is 6.85. The molecule has 2 atom stereocenters. The summed E-state index contributed by atoms with van der Waals surface area (Å²) in [5.74, 6) is 2.69. The van der Waals surface area contributed by atoms with Crippen molar-refractivity contribution < 1.29 is 4.79 Å². The molecule has 0 bridgehead atoms. The molecule has 1 amide bonds. The largest absolute Gasteiger partial charge is 0.356 e. The molecule has 1 saturated carbocycles. The van der Waals surface area contributed by atoms with Gasteiger partial charge in [0.1, 0.15) is 0 Å². The minimum atomic E-state index is -0.263. The molecule has 2 fully saturated rings. The van der Waals surface area contributed by atoms with Gasteiger partial charge in [0, 0.05) is 47.3 Å². The predicted octanol–water partition coefficient (Wildman–Crippen LogP) is 2.79. The van der Waals surface area contributed by atoms with Crippen molar-refractivity contribution in [1.82, 2.24) is 20.4 Å². The molecule has 2 aliphatic rings. The van der Waals surface area contributed by atoms with Gasteiger partial charge in [-0.3, -0.25) is 9.79 Å². The standard InChI is InChI=1S/C21H41N5O.HI/c1-17-13-18(2)15-26(14-17)12-8-11-23-20(22-3)24-16-21(9-6-7-10-21)19(27)25(4)5;/h17-18H,6-16H2,1-5H3,(H2,22,23,24);1H. The van der Waals surface area contributed by atoms with Gasteiger partial charge in [-0.1, -0.05) is 26.7 Å². The number of carbonyl (C=O) groups excluding carboxylic acids is 1. The number of aliphatic imine (C=N–C) groups is 1. The number of nitrogens with one attached hydrogen (secondary N) is 2. The lowest BCUT2D eigenvalue weighted by Crippen LogP contribution is -2.49. The summed E-state index contributed by atoms with van der Waals surface area (Å²) < 4.78 is 0. The van der Waals surface area contributed by atoms with Crippen LogP contribution in [0.5, 0.6) is 0 Å². The molecule has 0 aromatic rings. The molecule has 0 aromatic carbocycles. The summed E-state index contributed by atoms with van der Waals surface area (Å²) in [6.45, 7) is 9.90. The second-order valence-electron chi connectivity index (χ2n) is 9.10. The molecule has 1 aliphatic heterocycles. The maximum absolute atomic E-state index is 12.7. The van der Waals surface area contributed by atoms with E-state index in [-0.39, 0.29) is 35.3 Å². The van der Waals surface area contributed by atoms with Crippen molar-refractivity contribution in [3.63, 3.8) is 0 Å². The average Bonchev–Trinajstić information content (AvgIpc) is 3.09. The molecule has 2 N–H and O–H groups in total. The number of carbonyl (C=O) groups is 1. The van der Waals surface area contributed by atoms with E-state index in [0.717, 1.165) is 63.0 Å². The maximum Gasteiger partial charge on any atom is 0.230 e. The lowest BCUT2D eigenvalue weighted by atomic mass is 9.84. The molecule has 2 rings (SSSR count). The highest BCUT2D eigenvalue weighted by atomic mass is 127. The first kappa shape index (κ1) is 25.5. The Hall–Kier alpha value is -0.570. The third-order valence-corrected chi connectivity index (χ3v) is 6.13. The van der Waals surface area contributed by atoms with Crippen molar-refractivity contribution in [2.24, 2.45) is 22.2 Å². The van der Waals surface area contributed by atoms with Gasteiger partial charge in [0.15, 0.2) is 5.96 Å². The first-order chi connectivity index (χ1) is 12.9. The fraction of sp³-hybridized carbons (Fsp3) is 0.905. The molecular weight excluding hydrogens is 465 g/mol. The average molecular weight is 508 g/mol. The zero-order valence-corrected chi connectivity index (χ0v) is 20.9. The number of rotatable bonds is 7. The third-order valence-electron chi connectivity index (χ3n) is 6.13. The molecule has 2 unspecified atom stereocenters. The van der Waals surface area contributed by atoms with Crippen LogP contribution in [-0.2, 0) is 4.79 Å². The molecular formula is C21H42IN5O. The van der Waals surface area contributed by atoms with Crippen LogP contribution in [0.1, 0.15) is 52.4 Å². The van der Waals surface area contributed by atoms with E-state index in [9.17, 15) is 4.79 Å². The minimum Gasteiger partial charge on any atom is -0.356 e. The lowest BCUT2D eigenvalue weighted by Gasteiger charge is -2.35. The normalized spacial score (nSPS) is 25.1. The van der Waals surface area contributed by atoms with Gasteiger partial charge in [-0.05, 0) is 44.1 Å². The number of halogens is 1. The summed E-state index contributed by atoms with van der Waals surface area (Å²) in [7, 11) is 5.52. The highest BCUT2D eigenvalue weighted by Crippen LogP contribution is 2.38. The Morgan fingerprint density at radius 3 is 2.29 bits per heavy atom. The number of hydrogen-bond acceptors (Lipinski definition) is 3. The molecule has 0 spiro atoms. The number of nitrogens with zero attached hydrogens (tertiary/aromatic N) is 3. The zero-order valence-electron chi connectivity index (χ0n) is 18.6. The maximum atomic E-state index is 12.7. The van der Waals surface area contributed by atoms with Gasteiger partial charge in [0.25, 0.3) is 0 Å². The van der Waals surface area contributed by atoms with Crippen LogP contribution in [0.2, 0.25) is 0 Å². The van der Waals surface area contributed by atoms with Crippen LogP contribution in [0.15, 0.2) is 4.99 Å². The summed E-state index contributed by atoms with van der Waals surface area (Å²) >= 11 is 0. The topological polar surface area (TPSA) is 60.0 Å². The Morgan fingerprint density at radius 2 is 1.75 bits per heavy atom. The van der Waals surface area contributed by atoms with E-state index in [1.807, 2.05) is 14.1 Å². The van der Waals surface area contributed by atoms with Crippen molar-refractivity contribution in [2.45, 2.75) is 52.4 Å². The monoisotopic (exact) mass is 507 g/mol. The van der Waals surface area contributed by atoms with Gasteiger partial charge < -0.3 is 20.4 Å². The Balaban J connectivity index is 0.00000392.